The Bertz CT molecular complexity index is 1490. The molecule has 41 heavy (non-hydrogen) atoms. The van der Waals surface area contributed by atoms with Crippen LogP contribution in [0.2, 0.25) is 0 Å². The van der Waals surface area contributed by atoms with Crippen LogP contribution < -0.4 is 15.4 Å². The second-order valence-electron chi connectivity index (χ2n) is 8.96. The van der Waals surface area contributed by atoms with Gasteiger partial charge in [-0.3, -0.25) is 23.9 Å². The van der Waals surface area contributed by atoms with E-state index in [9.17, 15) is 27.2 Å². The summed E-state index contributed by atoms with van der Waals surface area (Å²) in [5.74, 6) is -1.97. The van der Waals surface area contributed by atoms with Gasteiger partial charge in [-0.15, -0.1) is 23.4 Å². The van der Waals surface area contributed by atoms with Gasteiger partial charge in [-0.05, 0) is 49.6 Å². The first-order valence-corrected chi connectivity index (χ1v) is 12.4. The number of pyridine rings is 1. The Balaban J connectivity index is 1.18. The Hall–Kier alpha value is -4.89. The number of ether oxygens (including phenoxy) is 1. The van der Waals surface area contributed by atoms with Gasteiger partial charge in [0.2, 0.25) is 5.91 Å². The fourth-order valence-corrected chi connectivity index (χ4v) is 3.65. The number of unbranched alkanes of at least 4 members (excludes halogenated alkanes) is 1. The predicted octanol–water partition coefficient (Wildman–Crippen LogP) is 3.20. The molecule has 3 heterocycles. The number of rotatable bonds is 12. The molecule has 216 valence electrons. The summed E-state index contributed by atoms with van der Waals surface area (Å²) >= 11 is 0. The van der Waals surface area contributed by atoms with Crippen LogP contribution in [0.25, 0.3) is 0 Å². The number of nitrogens with zero attached hydrogens (tertiary/aromatic N) is 7. The van der Waals surface area contributed by atoms with Gasteiger partial charge in [0.15, 0.2) is 11.5 Å². The number of aryl methyl sites for hydroxylation is 3. The number of hydrogen-bond acceptors (Lipinski definition) is 8. The van der Waals surface area contributed by atoms with Crippen LogP contribution in [0.4, 0.5) is 23.4 Å². The lowest BCUT2D eigenvalue weighted by Gasteiger charge is -2.11. The number of carbonyl (C=O) groups is 2. The standard InChI is InChI=1S/C25H25F4N9O3/c1-16-4-5-17(12-30-16)10-23(39)32-22-15-38(36-34-22)9-3-2-8-37-14-21(33-35-37)24(40)31-13-18-11-19(6-7-20(18)26)41-25(27,28)29/h4-7,11-12,14-15H,2-3,8-10,13H2,1H3,(H,31,40)(H,32,39). The highest BCUT2D eigenvalue weighted by Crippen LogP contribution is 2.24. The first-order valence-electron chi connectivity index (χ1n) is 12.4. The smallest absolute Gasteiger partial charge is 0.406 e. The molecule has 12 nitrogen and oxygen atoms in total. The molecule has 0 bridgehead atoms. The van der Waals surface area contributed by atoms with Gasteiger partial charge in [0.1, 0.15) is 11.6 Å². The third-order valence-corrected chi connectivity index (χ3v) is 5.63. The van der Waals surface area contributed by atoms with E-state index in [2.05, 4.69) is 41.0 Å². The van der Waals surface area contributed by atoms with Crippen LogP contribution in [0.15, 0.2) is 48.9 Å². The molecule has 0 aliphatic heterocycles. The molecular formula is C25H25F4N9O3. The Labute approximate surface area is 230 Å². The van der Waals surface area contributed by atoms with E-state index in [0.29, 0.717) is 31.7 Å². The van der Waals surface area contributed by atoms with Gasteiger partial charge >= 0.3 is 6.36 Å². The predicted molar refractivity (Wildman–Crippen MR) is 135 cm³/mol. The second kappa shape index (κ2) is 13.0. The van der Waals surface area contributed by atoms with E-state index < -0.39 is 23.8 Å². The lowest BCUT2D eigenvalue weighted by atomic mass is 10.2. The fourth-order valence-electron chi connectivity index (χ4n) is 3.65. The second-order valence-corrected chi connectivity index (χ2v) is 8.96. The zero-order valence-corrected chi connectivity index (χ0v) is 21.7. The average molecular weight is 576 g/mol. The number of halogens is 4. The molecule has 0 unspecified atom stereocenters. The molecule has 0 fully saturated rings. The largest absolute Gasteiger partial charge is 0.573 e. The molecule has 4 rings (SSSR count). The minimum absolute atomic E-state index is 0.0359. The average Bonchev–Trinajstić information content (AvgIpc) is 3.57. The van der Waals surface area contributed by atoms with E-state index in [1.165, 1.54) is 10.9 Å². The molecule has 2 amide bonds. The fraction of sp³-hybridized carbons (Fsp3) is 0.320. The van der Waals surface area contributed by atoms with Gasteiger partial charge < -0.3 is 15.4 Å². The number of nitrogens with one attached hydrogen (secondary N) is 2. The molecule has 0 aliphatic rings. The van der Waals surface area contributed by atoms with Crippen molar-refractivity contribution >= 4 is 17.6 Å². The van der Waals surface area contributed by atoms with Crippen LogP contribution >= 0.6 is 0 Å². The van der Waals surface area contributed by atoms with Crippen molar-refractivity contribution in [2.75, 3.05) is 5.32 Å². The van der Waals surface area contributed by atoms with Crippen LogP contribution in [0.5, 0.6) is 5.75 Å². The van der Waals surface area contributed by atoms with Gasteiger partial charge in [0.25, 0.3) is 5.91 Å². The number of alkyl halides is 3. The molecule has 0 aliphatic carbocycles. The van der Waals surface area contributed by atoms with Crippen molar-refractivity contribution in [3.8, 4) is 5.75 Å². The first kappa shape index (κ1) is 29.1. The van der Waals surface area contributed by atoms with Gasteiger partial charge in [-0.2, -0.15) is 0 Å². The molecule has 0 radical (unpaired) electrons. The first-order chi connectivity index (χ1) is 19.5. The van der Waals surface area contributed by atoms with Crippen molar-refractivity contribution in [2.45, 2.75) is 52.2 Å². The zero-order chi connectivity index (χ0) is 29.4. The van der Waals surface area contributed by atoms with E-state index in [0.717, 1.165) is 29.5 Å². The normalized spacial score (nSPS) is 11.3. The lowest BCUT2D eigenvalue weighted by Crippen LogP contribution is -2.24. The van der Waals surface area contributed by atoms with Crippen molar-refractivity contribution < 1.29 is 31.9 Å². The van der Waals surface area contributed by atoms with Gasteiger partial charge in [-0.25, -0.2) is 4.39 Å². The van der Waals surface area contributed by atoms with Gasteiger partial charge in [0.05, 0.1) is 18.8 Å². The summed E-state index contributed by atoms with van der Waals surface area (Å²) in [6.07, 6.45) is 1.26. The third-order valence-electron chi connectivity index (χ3n) is 5.63. The summed E-state index contributed by atoms with van der Waals surface area (Å²) in [7, 11) is 0. The highest BCUT2D eigenvalue weighted by atomic mass is 19.4. The quantitative estimate of drug-likeness (QED) is 0.194. The van der Waals surface area contributed by atoms with Crippen LogP contribution in [-0.2, 0) is 30.8 Å². The van der Waals surface area contributed by atoms with Crippen molar-refractivity contribution in [2.24, 2.45) is 0 Å². The van der Waals surface area contributed by atoms with Crippen molar-refractivity contribution in [1.29, 1.82) is 0 Å². The summed E-state index contributed by atoms with van der Waals surface area (Å²) in [5, 5.41) is 20.7. The lowest BCUT2D eigenvalue weighted by molar-refractivity contribution is -0.274. The summed E-state index contributed by atoms with van der Waals surface area (Å²) in [6, 6.07) is 6.19. The molecular weight excluding hydrogens is 550 g/mol. The van der Waals surface area contributed by atoms with Crippen LogP contribution in [-0.4, -0.2) is 53.1 Å². The van der Waals surface area contributed by atoms with Crippen LogP contribution in [0.3, 0.4) is 0 Å². The molecule has 2 N–H and O–H groups in total. The molecule has 0 atom stereocenters. The summed E-state index contributed by atoms with van der Waals surface area (Å²) in [4.78, 5) is 28.7. The maximum atomic E-state index is 14.0. The number of anilines is 1. The van der Waals surface area contributed by atoms with Crippen LogP contribution in [0.1, 0.15) is 40.2 Å². The van der Waals surface area contributed by atoms with Gasteiger partial charge in [-0.1, -0.05) is 16.5 Å². The van der Waals surface area contributed by atoms with Crippen molar-refractivity contribution in [3.05, 3.63) is 77.3 Å². The molecule has 0 spiro atoms. The van der Waals surface area contributed by atoms with Crippen molar-refractivity contribution in [3.63, 3.8) is 0 Å². The van der Waals surface area contributed by atoms with Crippen molar-refractivity contribution in [1.82, 2.24) is 40.3 Å². The number of hydrogen-bond donors (Lipinski definition) is 2. The highest BCUT2D eigenvalue weighted by molar-refractivity contribution is 5.92. The molecule has 1 aromatic carbocycles. The summed E-state index contributed by atoms with van der Waals surface area (Å²) < 4.78 is 58.0. The Morgan fingerprint density at radius 3 is 2.44 bits per heavy atom. The Morgan fingerprint density at radius 2 is 1.73 bits per heavy atom. The Kier molecular flexibility index (Phi) is 9.21. The minimum atomic E-state index is -4.92. The molecule has 16 heteroatoms. The Morgan fingerprint density at radius 1 is 1.00 bits per heavy atom. The topological polar surface area (TPSA) is 142 Å². The number of amides is 2. The number of benzene rings is 1. The third kappa shape index (κ3) is 9.08. The van der Waals surface area contributed by atoms with E-state index in [1.807, 2.05) is 19.1 Å². The zero-order valence-electron chi connectivity index (χ0n) is 21.7. The summed E-state index contributed by atoms with van der Waals surface area (Å²) in [6.45, 7) is 2.45. The van der Waals surface area contributed by atoms with E-state index in [-0.39, 0.29) is 30.1 Å². The number of carbonyl (C=O) groups excluding carboxylic acids is 2. The molecule has 0 saturated heterocycles. The molecule has 4 aromatic rings. The van der Waals surface area contributed by atoms with E-state index in [1.54, 1.807) is 17.1 Å². The van der Waals surface area contributed by atoms with Crippen LogP contribution in [0, 0.1) is 12.7 Å². The summed E-state index contributed by atoms with van der Waals surface area (Å²) in [5.41, 5.74) is 1.43. The SMILES string of the molecule is Cc1ccc(CC(=O)Nc2cn(CCCCn3cc(C(=O)NCc4cc(OC(F)(F)F)ccc4F)nn3)nn2)cn1. The molecule has 3 aromatic heterocycles. The maximum Gasteiger partial charge on any atom is 0.573 e. The van der Waals surface area contributed by atoms with E-state index in [4.69, 9.17) is 0 Å². The minimum Gasteiger partial charge on any atom is -0.406 e. The number of aromatic nitrogens is 7. The maximum absolute atomic E-state index is 14.0. The highest BCUT2D eigenvalue weighted by Gasteiger charge is 2.31. The molecule has 0 saturated carbocycles. The van der Waals surface area contributed by atoms with E-state index >= 15 is 0 Å². The monoisotopic (exact) mass is 575 g/mol. The van der Waals surface area contributed by atoms with Gasteiger partial charge in [0, 0.05) is 37.1 Å².